The van der Waals surface area contributed by atoms with Gasteiger partial charge in [0.2, 0.25) is 0 Å². The van der Waals surface area contributed by atoms with Crippen molar-refractivity contribution in [1.29, 1.82) is 0 Å². The molecule has 114 valence electrons. The molecule has 0 radical (unpaired) electrons. The number of halogens is 4. The number of anilines is 1. The molecule has 1 rings (SSSR count). The summed E-state index contributed by atoms with van der Waals surface area (Å²) in [7, 11) is -3.23. The minimum atomic E-state index is -4.55. The summed E-state index contributed by atoms with van der Waals surface area (Å²) in [6.07, 6.45) is -4.06. The second-order valence-corrected chi connectivity index (χ2v) is 7.01. The van der Waals surface area contributed by atoms with Crippen molar-refractivity contribution >= 4 is 27.1 Å². The third kappa shape index (κ3) is 5.20. The number of alkyl halides is 3. The van der Waals surface area contributed by atoms with Gasteiger partial charge in [-0.2, -0.15) is 13.2 Å². The van der Waals surface area contributed by atoms with E-state index in [4.69, 9.17) is 11.6 Å². The zero-order valence-electron chi connectivity index (χ0n) is 10.8. The normalized spacial score (nSPS) is 12.4. The Morgan fingerprint density at radius 3 is 2.45 bits per heavy atom. The Morgan fingerprint density at radius 2 is 1.90 bits per heavy atom. The van der Waals surface area contributed by atoms with Gasteiger partial charge < -0.3 is 5.32 Å². The van der Waals surface area contributed by atoms with E-state index in [1.165, 1.54) is 12.1 Å². The van der Waals surface area contributed by atoms with E-state index in [-0.39, 0.29) is 28.8 Å². The Hall–Kier alpha value is -0.950. The highest BCUT2D eigenvalue weighted by atomic mass is 35.5. The average molecular weight is 330 g/mol. The number of nitrogens with one attached hydrogen (secondary N) is 1. The summed E-state index contributed by atoms with van der Waals surface area (Å²) in [6.45, 7) is 1.65. The van der Waals surface area contributed by atoms with Gasteiger partial charge >= 0.3 is 6.18 Å². The van der Waals surface area contributed by atoms with Crippen LogP contribution in [0.25, 0.3) is 0 Å². The van der Waals surface area contributed by atoms with Gasteiger partial charge in [0.25, 0.3) is 0 Å². The van der Waals surface area contributed by atoms with Crippen molar-refractivity contribution in [3.63, 3.8) is 0 Å². The van der Waals surface area contributed by atoms with Gasteiger partial charge in [-0.25, -0.2) is 8.42 Å². The molecule has 0 bridgehead atoms. The topological polar surface area (TPSA) is 46.2 Å². The molecular weight excluding hydrogens is 315 g/mol. The van der Waals surface area contributed by atoms with Gasteiger partial charge in [0.15, 0.2) is 9.84 Å². The lowest BCUT2D eigenvalue weighted by molar-refractivity contribution is -0.136. The SMILES string of the molecule is CCCS(=O)(=O)CCNc1ccc(Cl)cc1C(F)(F)F. The summed E-state index contributed by atoms with van der Waals surface area (Å²) in [5.41, 5.74) is -1.08. The smallest absolute Gasteiger partial charge is 0.384 e. The van der Waals surface area contributed by atoms with Crippen LogP contribution in [0.4, 0.5) is 18.9 Å². The first-order chi connectivity index (χ1) is 9.15. The van der Waals surface area contributed by atoms with Crippen LogP contribution in [0.15, 0.2) is 18.2 Å². The van der Waals surface area contributed by atoms with Gasteiger partial charge in [0.1, 0.15) is 0 Å². The highest BCUT2D eigenvalue weighted by Gasteiger charge is 2.33. The van der Waals surface area contributed by atoms with E-state index >= 15 is 0 Å². The van der Waals surface area contributed by atoms with Crippen molar-refractivity contribution in [2.45, 2.75) is 19.5 Å². The molecule has 1 aromatic carbocycles. The largest absolute Gasteiger partial charge is 0.418 e. The van der Waals surface area contributed by atoms with Crippen LogP contribution in [0.2, 0.25) is 5.02 Å². The Balaban J connectivity index is 2.79. The fraction of sp³-hybridized carbons (Fsp3) is 0.500. The minimum Gasteiger partial charge on any atom is -0.384 e. The summed E-state index contributed by atoms with van der Waals surface area (Å²) in [5, 5.41) is 2.48. The molecule has 0 saturated carbocycles. The molecule has 1 N–H and O–H groups in total. The molecule has 0 aliphatic heterocycles. The number of hydrogen-bond acceptors (Lipinski definition) is 3. The van der Waals surface area contributed by atoms with Crippen molar-refractivity contribution in [1.82, 2.24) is 0 Å². The molecule has 0 heterocycles. The van der Waals surface area contributed by atoms with E-state index in [1.807, 2.05) is 0 Å². The van der Waals surface area contributed by atoms with E-state index in [0.29, 0.717) is 6.42 Å². The second-order valence-electron chi connectivity index (χ2n) is 4.27. The number of sulfone groups is 1. The van der Waals surface area contributed by atoms with E-state index in [2.05, 4.69) is 5.32 Å². The molecule has 0 atom stereocenters. The summed E-state index contributed by atoms with van der Waals surface area (Å²) in [6, 6.07) is 3.32. The lowest BCUT2D eigenvalue weighted by Gasteiger charge is -2.15. The monoisotopic (exact) mass is 329 g/mol. The maximum absolute atomic E-state index is 12.8. The van der Waals surface area contributed by atoms with Crippen LogP contribution in [-0.4, -0.2) is 26.5 Å². The first kappa shape index (κ1) is 17.1. The number of hydrogen-bond donors (Lipinski definition) is 1. The predicted molar refractivity (Wildman–Crippen MR) is 73.9 cm³/mol. The average Bonchev–Trinajstić information content (AvgIpc) is 2.29. The first-order valence-corrected chi connectivity index (χ1v) is 8.16. The molecule has 20 heavy (non-hydrogen) atoms. The van der Waals surface area contributed by atoms with Crippen molar-refractivity contribution in [2.24, 2.45) is 0 Å². The van der Waals surface area contributed by atoms with Crippen LogP contribution in [0.5, 0.6) is 0 Å². The molecule has 0 spiro atoms. The molecule has 1 aromatic rings. The Kier molecular flexibility index (Phi) is 5.70. The predicted octanol–water partition coefficient (Wildman–Crippen LogP) is 3.60. The summed E-state index contributed by atoms with van der Waals surface area (Å²) < 4.78 is 61.3. The van der Waals surface area contributed by atoms with Crippen LogP contribution in [0, 0.1) is 0 Å². The molecule has 0 aliphatic carbocycles. The molecular formula is C12H15ClF3NO2S. The van der Waals surface area contributed by atoms with Crippen molar-refractivity contribution in [3.8, 4) is 0 Å². The van der Waals surface area contributed by atoms with Gasteiger partial charge in [-0.3, -0.25) is 0 Å². The highest BCUT2D eigenvalue weighted by Crippen LogP contribution is 2.36. The van der Waals surface area contributed by atoms with E-state index in [1.54, 1.807) is 6.92 Å². The molecule has 0 saturated heterocycles. The summed E-state index contributed by atoms with van der Waals surface area (Å²) in [5.74, 6) is -0.178. The molecule has 0 fully saturated rings. The first-order valence-electron chi connectivity index (χ1n) is 5.97. The molecule has 0 aromatic heterocycles. The minimum absolute atomic E-state index is 0.0264. The lowest BCUT2D eigenvalue weighted by atomic mass is 10.1. The molecule has 8 heteroatoms. The van der Waals surface area contributed by atoms with Gasteiger partial charge in [-0.1, -0.05) is 18.5 Å². The van der Waals surface area contributed by atoms with E-state index in [9.17, 15) is 21.6 Å². The van der Waals surface area contributed by atoms with Crippen LogP contribution < -0.4 is 5.32 Å². The van der Waals surface area contributed by atoms with Gasteiger partial charge in [-0.15, -0.1) is 0 Å². The second kappa shape index (κ2) is 6.67. The molecule has 0 unspecified atom stereocenters. The van der Waals surface area contributed by atoms with Crippen LogP contribution >= 0.6 is 11.6 Å². The van der Waals surface area contributed by atoms with Crippen molar-refractivity contribution in [3.05, 3.63) is 28.8 Å². The molecule has 0 amide bonds. The fourth-order valence-corrected chi connectivity index (χ4v) is 3.07. The lowest BCUT2D eigenvalue weighted by Crippen LogP contribution is -2.19. The standard InChI is InChI=1S/C12H15ClF3NO2S/c1-2-6-20(18,19)7-5-17-11-4-3-9(13)8-10(11)12(14,15)16/h3-4,8,17H,2,5-7H2,1H3. The van der Waals surface area contributed by atoms with Crippen LogP contribution in [0.1, 0.15) is 18.9 Å². The summed E-state index contributed by atoms with van der Waals surface area (Å²) >= 11 is 5.55. The number of rotatable bonds is 6. The van der Waals surface area contributed by atoms with Crippen molar-refractivity contribution in [2.75, 3.05) is 23.4 Å². The van der Waals surface area contributed by atoms with E-state index < -0.39 is 21.6 Å². The molecule has 0 aliphatic rings. The third-order valence-electron chi connectivity index (χ3n) is 2.53. The fourth-order valence-electron chi connectivity index (χ4n) is 1.66. The zero-order chi connectivity index (χ0) is 15.4. The summed E-state index contributed by atoms with van der Waals surface area (Å²) in [4.78, 5) is 0. The van der Waals surface area contributed by atoms with Crippen LogP contribution in [-0.2, 0) is 16.0 Å². The Labute approximate surface area is 121 Å². The van der Waals surface area contributed by atoms with Gasteiger partial charge in [0.05, 0.1) is 11.3 Å². The third-order valence-corrected chi connectivity index (χ3v) is 4.62. The van der Waals surface area contributed by atoms with Crippen LogP contribution in [0.3, 0.4) is 0 Å². The Bertz CT molecular complexity index is 558. The Morgan fingerprint density at radius 1 is 1.25 bits per heavy atom. The number of benzene rings is 1. The highest BCUT2D eigenvalue weighted by molar-refractivity contribution is 7.91. The molecule has 3 nitrogen and oxygen atoms in total. The van der Waals surface area contributed by atoms with Crippen molar-refractivity contribution < 1.29 is 21.6 Å². The van der Waals surface area contributed by atoms with E-state index in [0.717, 1.165) is 6.07 Å². The van der Waals surface area contributed by atoms with Gasteiger partial charge in [-0.05, 0) is 24.6 Å². The zero-order valence-corrected chi connectivity index (χ0v) is 12.4. The van der Waals surface area contributed by atoms with Gasteiger partial charge in [0, 0.05) is 23.0 Å². The maximum atomic E-state index is 12.8. The quantitative estimate of drug-likeness (QED) is 0.867. The maximum Gasteiger partial charge on any atom is 0.418 e.